The number of carbonyl (C=O) groups is 1. The van der Waals surface area contributed by atoms with Crippen molar-refractivity contribution in [1.29, 1.82) is 0 Å². The first-order valence-electron chi connectivity index (χ1n) is 12.0. The van der Waals surface area contributed by atoms with Crippen LogP contribution in [0.1, 0.15) is 38.4 Å². The fourth-order valence-corrected chi connectivity index (χ4v) is 4.79. The number of benzene rings is 3. The maximum Gasteiger partial charge on any atom is 0.417 e. The maximum atomic E-state index is 13.9. The molecule has 202 valence electrons. The smallest absolute Gasteiger partial charge is 0.348 e. The van der Waals surface area contributed by atoms with E-state index in [9.17, 15) is 31.1 Å². The van der Waals surface area contributed by atoms with E-state index in [1.165, 1.54) is 6.07 Å². The van der Waals surface area contributed by atoms with Crippen LogP contribution in [-0.4, -0.2) is 21.9 Å². The Hall–Kier alpha value is -4.12. The van der Waals surface area contributed by atoms with Crippen molar-refractivity contribution in [2.45, 2.75) is 37.8 Å². The number of aromatic nitrogens is 2. The van der Waals surface area contributed by atoms with Gasteiger partial charge in [0.15, 0.2) is 0 Å². The molecule has 1 amide bonds. The van der Waals surface area contributed by atoms with E-state index in [1.54, 1.807) is 24.5 Å². The molecule has 5 rings (SSSR count). The minimum Gasteiger partial charge on any atom is -0.348 e. The van der Waals surface area contributed by atoms with Crippen LogP contribution < -0.4 is 10.6 Å². The molecular weight excluding hydrogens is 522 g/mol. The van der Waals surface area contributed by atoms with E-state index in [-0.39, 0.29) is 17.2 Å². The minimum atomic E-state index is -4.83. The fourth-order valence-electron chi connectivity index (χ4n) is 4.79. The molecule has 3 aromatic carbocycles. The first-order valence-corrected chi connectivity index (χ1v) is 12.0. The molecule has 1 aliphatic rings. The summed E-state index contributed by atoms with van der Waals surface area (Å²) in [5.74, 6) is 0.00489. The second-order valence-electron chi connectivity index (χ2n) is 9.26. The molecule has 0 saturated carbocycles. The molecule has 0 aliphatic heterocycles. The molecule has 1 unspecified atom stereocenters. The first kappa shape index (κ1) is 26.5. The van der Waals surface area contributed by atoms with Crippen LogP contribution in [0.4, 0.5) is 32.0 Å². The minimum absolute atomic E-state index is 0.152. The van der Waals surface area contributed by atoms with E-state index >= 15 is 0 Å². The van der Waals surface area contributed by atoms with Crippen molar-refractivity contribution < 1.29 is 31.1 Å². The highest BCUT2D eigenvalue weighted by Crippen LogP contribution is 2.40. The zero-order valence-corrected chi connectivity index (χ0v) is 20.3. The lowest BCUT2D eigenvalue weighted by Gasteiger charge is -2.18. The van der Waals surface area contributed by atoms with Crippen molar-refractivity contribution in [3.8, 4) is 11.1 Å². The van der Waals surface area contributed by atoms with E-state index in [0.29, 0.717) is 30.8 Å². The number of H-pyrrole nitrogens is 1. The van der Waals surface area contributed by atoms with Crippen molar-refractivity contribution in [2.75, 3.05) is 5.32 Å². The monoisotopic (exact) mass is 544 g/mol. The number of imidazole rings is 1. The quantitative estimate of drug-likeness (QED) is 0.239. The molecule has 3 N–H and O–H groups in total. The number of alkyl halides is 6. The van der Waals surface area contributed by atoms with Crippen LogP contribution in [0.25, 0.3) is 11.1 Å². The number of hydrogen-bond acceptors (Lipinski definition) is 3. The number of nitrogens with zero attached hydrogens (tertiary/aromatic N) is 1. The maximum absolute atomic E-state index is 13.9. The summed E-state index contributed by atoms with van der Waals surface area (Å²) in [6.45, 7) is 0.567. The topological polar surface area (TPSA) is 69.8 Å². The normalized spacial score (nSPS) is 15.3. The molecule has 0 fully saturated rings. The average Bonchev–Trinajstić information content (AvgIpc) is 3.55. The lowest BCUT2D eigenvalue weighted by atomic mass is 9.92. The van der Waals surface area contributed by atoms with Crippen LogP contribution in [-0.2, 0) is 31.7 Å². The predicted octanol–water partition coefficient (Wildman–Crippen LogP) is 6.62. The molecule has 39 heavy (non-hydrogen) atoms. The van der Waals surface area contributed by atoms with Crippen molar-refractivity contribution in [3.63, 3.8) is 0 Å². The van der Waals surface area contributed by atoms with Crippen LogP contribution in [0.15, 0.2) is 73.1 Å². The largest absolute Gasteiger partial charge is 0.417 e. The first-order chi connectivity index (χ1) is 18.5. The van der Waals surface area contributed by atoms with E-state index in [2.05, 4.69) is 20.6 Å². The second-order valence-corrected chi connectivity index (χ2v) is 9.26. The van der Waals surface area contributed by atoms with E-state index in [4.69, 9.17) is 0 Å². The van der Waals surface area contributed by atoms with Gasteiger partial charge in [-0.05, 0) is 65.9 Å². The van der Waals surface area contributed by atoms with Gasteiger partial charge in [-0.1, -0.05) is 24.3 Å². The van der Waals surface area contributed by atoms with Gasteiger partial charge in [0.1, 0.15) is 5.82 Å². The lowest BCUT2D eigenvalue weighted by Crippen LogP contribution is -2.29. The number of nitrogens with one attached hydrogen (secondary N) is 3. The van der Waals surface area contributed by atoms with Crippen LogP contribution in [0.5, 0.6) is 0 Å². The van der Waals surface area contributed by atoms with Crippen LogP contribution in [0.3, 0.4) is 0 Å². The van der Waals surface area contributed by atoms with Gasteiger partial charge in [0.2, 0.25) is 0 Å². The predicted molar refractivity (Wildman–Crippen MR) is 133 cm³/mol. The van der Waals surface area contributed by atoms with Gasteiger partial charge in [0.25, 0.3) is 5.91 Å². The van der Waals surface area contributed by atoms with Crippen molar-refractivity contribution in [2.24, 2.45) is 0 Å². The number of aromatic amines is 1. The number of rotatable bonds is 6. The zero-order valence-electron chi connectivity index (χ0n) is 20.3. The summed E-state index contributed by atoms with van der Waals surface area (Å²) in [6.07, 6.45) is -4.61. The number of hydrogen-bond donors (Lipinski definition) is 3. The summed E-state index contributed by atoms with van der Waals surface area (Å²) < 4.78 is 80.7. The molecule has 1 aromatic heterocycles. The van der Waals surface area contributed by atoms with Gasteiger partial charge in [-0.2, -0.15) is 26.3 Å². The Labute approximate surface area is 219 Å². The fraction of sp³-hybridized carbons (Fsp3) is 0.214. The van der Waals surface area contributed by atoms with Gasteiger partial charge in [0, 0.05) is 35.2 Å². The molecule has 0 saturated heterocycles. The summed E-state index contributed by atoms with van der Waals surface area (Å²) in [5, 5.41) is 6.08. The third-order valence-electron chi connectivity index (χ3n) is 6.63. The highest BCUT2D eigenvalue weighted by molar-refractivity contribution is 6.09. The Morgan fingerprint density at radius 3 is 2.33 bits per heavy atom. The highest BCUT2D eigenvalue weighted by Gasteiger charge is 2.36. The zero-order chi connectivity index (χ0) is 27.8. The van der Waals surface area contributed by atoms with Crippen molar-refractivity contribution in [3.05, 3.63) is 107 Å². The molecule has 11 heteroatoms. The van der Waals surface area contributed by atoms with Crippen LogP contribution in [0.2, 0.25) is 0 Å². The molecule has 0 spiro atoms. The van der Waals surface area contributed by atoms with E-state index in [1.807, 2.05) is 6.07 Å². The summed E-state index contributed by atoms with van der Waals surface area (Å²) in [5.41, 5.74) is -0.568. The number of carbonyl (C=O) groups excluding carboxylic acids is 1. The Kier molecular flexibility index (Phi) is 6.94. The summed E-state index contributed by atoms with van der Waals surface area (Å²) in [7, 11) is 0. The number of halogens is 6. The number of fused-ring (bicyclic) bond motifs is 1. The average molecular weight is 544 g/mol. The molecule has 1 aliphatic carbocycles. The van der Waals surface area contributed by atoms with Crippen LogP contribution >= 0.6 is 0 Å². The summed E-state index contributed by atoms with van der Waals surface area (Å²) in [4.78, 5) is 20.4. The Balaban J connectivity index is 1.39. The van der Waals surface area contributed by atoms with Gasteiger partial charge < -0.3 is 15.6 Å². The van der Waals surface area contributed by atoms with E-state index in [0.717, 1.165) is 47.6 Å². The van der Waals surface area contributed by atoms with Gasteiger partial charge in [-0.15, -0.1) is 0 Å². The molecule has 4 aromatic rings. The van der Waals surface area contributed by atoms with Crippen LogP contribution in [0, 0.1) is 0 Å². The summed E-state index contributed by atoms with van der Waals surface area (Å²) in [6, 6.07) is 11.9. The number of amides is 1. The molecular formula is C28H22F6N4O. The molecule has 0 radical (unpaired) electrons. The van der Waals surface area contributed by atoms with E-state index < -0.39 is 35.0 Å². The summed E-state index contributed by atoms with van der Waals surface area (Å²) >= 11 is 0. The molecule has 1 atom stereocenters. The molecule has 1 heterocycles. The third-order valence-corrected chi connectivity index (χ3v) is 6.63. The SMILES string of the molecule is O=C(Nc1ccc2c(c1)CC(NCc1ncc[nH]1)C2)c1cccc(C(F)(F)F)c1-c1ccc(C(F)(F)F)cc1. The standard InChI is InChI=1S/C28H22F6N4O/c29-27(30,31)19-7-4-16(5-8-19)25-22(2-1-3-23(25)28(32,33)34)26(39)38-20-9-6-17-12-21(14-18(17)13-20)37-15-24-35-10-11-36-24/h1-11,13,21,37H,12,14-15H2,(H,35,36)(H,38,39). The van der Waals surface area contributed by atoms with Crippen molar-refractivity contribution >= 4 is 11.6 Å². The van der Waals surface area contributed by atoms with Gasteiger partial charge in [-0.3, -0.25) is 4.79 Å². The lowest BCUT2D eigenvalue weighted by molar-refractivity contribution is -0.138. The third kappa shape index (κ3) is 5.83. The second kappa shape index (κ2) is 10.2. The molecule has 5 nitrogen and oxygen atoms in total. The highest BCUT2D eigenvalue weighted by atomic mass is 19.4. The number of anilines is 1. The Bertz CT molecular complexity index is 1480. The van der Waals surface area contributed by atoms with Gasteiger partial charge >= 0.3 is 12.4 Å². The Morgan fingerprint density at radius 2 is 1.67 bits per heavy atom. The molecule has 0 bridgehead atoms. The Morgan fingerprint density at radius 1 is 0.923 bits per heavy atom. The van der Waals surface area contributed by atoms with Gasteiger partial charge in [-0.25, -0.2) is 4.98 Å². The van der Waals surface area contributed by atoms with Crippen molar-refractivity contribution in [1.82, 2.24) is 15.3 Å². The van der Waals surface area contributed by atoms with Gasteiger partial charge in [0.05, 0.1) is 17.7 Å².